The third-order valence-corrected chi connectivity index (χ3v) is 1.30. The van der Waals surface area contributed by atoms with Gasteiger partial charge in [-0.1, -0.05) is 25.7 Å². The van der Waals surface area contributed by atoms with E-state index in [1.165, 1.54) is 25.7 Å². The van der Waals surface area contributed by atoms with E-state index < -0.39 is 0 Å². The molecule has 1 aliphatic carbocycles. The Morgan fingerprint density at radius 2 is 1.67 bits per heavy atom. The van der Waals surface area contributed by atoms with Crippen LogP contribution in [0.1, 0.15) is 25.7 Å². The summed E-state index contributed by atoms with van der Waals surface area (Å²) >= 11 is 0. The van der Waals surface area contributed by atoms with Crippen molar-refractivity contribution in [1.29, 1.82) is 0 Å². The van der Waals surface area contributed by atoms with Gasteiger partial charge in [-0.2, -0.15) is 0 Å². The number of aliphatic hydroxyl groups excluding tert-OH is 1. The van der Waals surface area contributed by atoms with Gasteiger partial charge in [-0.15, -0.1) is 0 Å². The van der Waals surface area contributed by atoms with Crippen LogP contribution in [0.3, 0.4) is 0 Å². The Kier molecular flexibility index (Phi) is 7.85. The summed E-state index contributed by atoms with van der Waals surface area (Å²) in [7, 11) is 1.55. The van der Waals surface area contributed by atoms with Gasteiger partial charge in [-0.25, -0.2) is 0 Å². The van der Waals surface area contributed by atoms with Gasteiger partial charge >= 0.3 is 0 Å². The lowest BCUT2D eigenvalue weighted by atomic mass is 10.0. The van der Waals surface area contributed by atoms with Crippen molar-refractivity contribution in [3.63, 3.8) is 0 Å². The molecule has 0 saturated heterocycles. The number of hydrogen-bond acceptors (Lipinski definition) is 2. The monoisotopic (exact) mass is 132 g/mol. The largest absolute Gasteiger partial charge is 0.394 e. The van der Waals surface area contributed by atoms with Gasteiger partial charge in [0.1, 0.15) is 0 Å². The highest BCUT2D eigenvalue weighted by Crippen LogP contribution is 2.15. The maximum atomic E-state index is 7.94. The zero-order valence-corrected chi connectivity index (χ0v) is 6.10. The summed E-state index contributed by atoms with van der Waals surface area (Å²) in [5.74, 6) is 0. The second kappa shape index (κ2) is 7.92. The van der Waals surface area contributed by atoms with Gasteiger partial charge in [-0.3, -0.25) is 0 Å². The zero-order chi connectivity index (χ0) is 6.95. The van der Waals surface area contributed by atoms with Crippen LogP contribution >= 0.6 is 0 Å². The fourth-order valence-electron chi connectivity index (χ4n) is 0.341. The molecule has 0 heterocycles. The highest BCUT2D eigenvalue weighted by atomic mass is 16.5. The molecule has 0 spiro atoms. The quantitative estimate of drug-likeness (QED) is 0.611. The van der Waals surface area contributed by atoms with Crippen LogP contribution in [0.15, 0.2) is 0 Å². The molecule has 0 amide bonds. The fraction of sp³-hybridized carbons (Fsp3) is 1.00. The summed E-state index contributed by atoms with van der Waals surface area (Å²) in [6, 6.07) is 0. The van der Waals surface area contributed by atoms with Gasteiger partial charge in [0.05, 0.1) is 13.2 Å². The number of rotatable bonds is 2. The third kappa shape index (κ3) is 7.92. The second-order valence-corrected chi connectivity index (χ2v) is 2.13. The Labute approximate surface area is 56.8 Å². The Balaban J connectivity index is 0.000000144. The smallest absolute Gasteiger partial charge is 0.0693 e. The van der Waals surface area contributed by atoms with Crippen molar-refractivity contribution < 1.29 is 9.84 Å². The van der Waals surface area contributed by atoms with Crippen molar-refractivity contribution in [3.8, 4) is 0 Å². The lowest BCUT2D eigenvalue weighted by Gasteiger charge is -2.05. The number of hydrogen-bond donors (Lipinski definition) is 1. The summed E-state index contributed by atoms with van der Waals surface area (Å²) < 4.78 is 4.44. The summed E-state index contributed by atoms with van der Waals surface area (Å²) in [6.45, 7) is 0.566. The maximum absolute atomic E-state index is 7.94. The van der Waals surface area contributed by atoms with E-state index in [2.05, 4.69) is 4.74 Å². The Morgan fingerprint density at radius 3 is 1.67 bits per heavy atom. The van der Waals surface area contributed by atoms with Gasteiger partial charge in [0.15, 0.2) is 0 Å². The molecule has 1 N–H and O–H groups in total. The molecule has 56 valence electrons. The van der Waals surface area contributed by atoms with E-state index in [-0.39, 0.29) is 6.61 Å². The lowest BCUT2D eigenvalue weighted by molar-refractivity contribution is 0.135. The van der Waals surface area contributed by atoms with Gasteiger partial charge in [0.25, 0.3) is 0 Å². The summed E-state index contributed by atoms with van der Waals surface area (Å²) in [4.78, 5) is 0. The highest BCUT2D eigenvalue weighted by Gasteiger charge is 1.95. The Hall–Kier alpha value is -0.0800. The summed E-state index contributed by atoms with van der Waals surface area (Å²) in [5, 5.41) is 7.94. The van der Waals surface area contributed by atoms with Crippen molar-refractivity contribution in [3.05, 3.63) is 0 Å². The Morgan fingerprint density at radius 1 is 1.22 bits per heavy atom. The molecule has 0 radical (unpaired) electrons. The highest BCUT2D eigenvalue weighted by molar-refractivity contribution is 4.50. The van der Waals surface area contributed by atoms with Crippen molar-refractivity contribution in [2.24, 2.45) is 0 Å². The van der Waals surface area contributed by atoms with E-state index in [4.69, 9.17) is 5.11 Å². The van der Waals surface area contributed by atoms with Crippen LogP contribution in [0.2, 0.25) is 0 Å². The molecule has 0 bridgehead atoms. The van der Waals surface area contributed by atoms with Gasteiger partial charge in [0.2, 0.25) is 0 Å². The first-order valence-corrected chi connectivity index (χ1v) is 3.51. The molecular formula is C7H16O2. The van der Waals surface area contributed by atoms with E-state index in [1.807, 2.05) is 0 Å². The molecule has 0 aromatic carbocycles. The maximum Gasteiger partial charge on any atom is 0.0693 e. The van der Waals surface area contributed by atoms with Crippen LogP contribution in [-0.2, 0) is 4.74 Å². The molecule has 1 aliphatic rings. The zero-order valence-electron chi connectivity index (χ0n) is 6.10. The van der Waals surface area contributed by atoms with E-state index in [0.717, 1.165) is 0 Å². The Bertz CT molecular complexity index is 36.2. The van der Waals surface area contributed by atoms with Crippen molar-refractivity contribution in [1.82, 2.24) is 0 Å². The molecule has 1 saturated carbocycles. The normalized spacial score (nSPS) is 15.3. The van der Waals surface area contributed by atoms with E-state index in [9.17, 15) is 0 Å². The molecule has 2 heteroatoms. The molecule has 1 fully saturated rings. The molecular weight excluding hydrogens is 116 g/mol. The topological polar surface area (TPSA) is 29.5 Å². The number of aliphatic hydroxyl groups is 1. The lowest BCUT2D eigenvalue weighted by Crippen LogP contribution is -1.91. The molecule has 0 unspecified atom stereocenters. The summed E-state index contributed by atoms with van der Waals surface area (Å²) in [6.07, 6.45) is 6.00. The molecule has 2 nitrogen and oxygen atoms in total. The minimum absolute atomic E-state index is 0.122. The van der Waals surface area contributed by atoms with Crippen molar-refractivity contribution in [2.75, 3.05) is 20.3 Å². The summed E-state index contributed by atoms with van der Waals surface area (Å²) in [5.41, 5.74) is 0. The van der Waals surface area contributed by atoms with Crippen molar-refractivity contribution in [2.45, 2.75) is 25.7 Å². The standard InChI is InChI=1S/C4H8.C3H8O2/c1-2-4-3-1;1-5-3-2-4/h1-4H2;4H,2-3H2,1H3. The van der Waals surface area contributed by atoms with Crippen molar-refractivity contribution >= 4 is 0 Å². The minimum Gasteiger partial charge on any atom is -0.394 e. The SMILES string of the molecule is C1CCC1.COCCO. The van der Waals surface area contributed by atoms with E-state index >= 15 is 0 Å². The minimum atomic E-state index is 0.122. The number of ether oxygens (including phenoxy) is 1. The van der Waals surface area contributed by atoms with Gasteiger partial charge in [-0.05, 0) is 0 Å². The first kappa shape index (κ1) is 8.92. The molecule has 0 aromatic heterocycles. The van der Waals surface area contributed by atoms with Crippen LogP contribution in [0.4, 0.5) is 0 Å². The molecule has 0 aliphatic heterocycles. The fourth-order valence-corrected chi connectivity index (χ4v) is 0.341. The first-order chi connectivity index (χ1) is 4.41. The van der Waals surface area contributed by atoms with Gasteiger partial charge in [0, 0.05) is 7.11 Å². The van der Waals surface area contributed by atoms with Gasteiger partial charge < -0.3 is 9.84 Å². The predicted octanol–water partition coefficient (Wildman–Crippen LogP) is 1.19. The van der Waals surface area contributed by atoms with E-state index in [0.29, 0.717) is 6.61 Å². The molecule has 0 atom stereocenters. The molecule has 1 rings (SSSR count). The van der Waals surface area contributed by atoms with E-state index in [1.54, 1.807) is 7.11 Å². The van der Waals surface area contributed by atoms with Crippen LogP contribution in [0.25, 0.3) is 0 Å². The van der Waals surface area contributed by atoms with Crippen LogP contribution < -0.4 is 0 Å². The number of methoxy groups -OCH3 is 1. The average molecular weight is 132 g/mol. The van der Waals surface area contributed by atoms with Crippen LogP contribution in [0, 0.1) is 0 Å². The molecule has 0 aromatic rings. The first-order valence-electron chi connectivity index (χ1n) is 3.51. The average Bonchev–Trinajstić information content (AvgIpc) is 1.63. The van der Waals surface area contributed by atoms with Crippen LogP contribution in [0.5, 0.6) is 0 Å². The van der Waals surface area contributed by atoms with Crippen LogP contribution in [-0.4, -0.2) is 25.4 Å². The third-order valence-electron chi connectivity index (χ3n) is 1.30. The predicted molar refractivity (Wildman–Crippen MR) is 37.4 cm³/mol. The molecule has 9 heavy (non-hydrogen) atoms. The second-order valence-electron chi connectivity index (χ2n) is 2.13.